The number of rotatable bonds is 10. The molecule has 12 heteroatoms. The molecule has 3 aromatic carbocycles. The largest absolute Gasteiger partial charge is 0.507 e. The van der Waals surface area contributed by atoms with Crippen LogP contribution in [0.1, 0.15) is 89.4 Å². The molecule has 0 saturated heterocycles. The number of benzene rings is 3. The van der Waals surface area contributed by atoms with E-state index in [1.165, 1.54) is 4.90 Å². The first kappa shape index (κ1) is 39.8. The molecule has 2 heterocycles. The maximum absolute atomic E-state index is 14.3. The molecule has 4 aromatic rings. The molecule has 1 aliphatic rings. The minimum atomic E-state index is -1.52. The first-order valence-corrected chi connectivity index (χ1v) is 18.4. The predicted molar refractivity (Wildman–Crippen MR) is 212 cm³/mol. The summed E-state index contributed by atoms with van der Waals surface area (Å²) >= 11 is 0.946. The van der Waals surface area contributed by atoms with E-state index < -0.39 is 28.1 Å². The number of aromatic nitrogens is 1. The number of aliphatic imine (C=N–C) groups is 1. The highest BCUT2D eigenvalue weighted by Crippen LogP contribution is 2.45. The van der Waals surface area contributed by atoms with Gasteiger partial charge in [0.1, 0.15) is 35.2 Å². The van der Waals surface area contributed by atoms with Gasteiger partial charge in [-0.3, -0.25) is 24.5 Å². The van der Waals surface area contributed by atoms with Crippen LogP contribution >= 0.6 is 11.3 Å². The second kappa shape index (κ2) is 14.8. The Morgan fingerprint density at radius 2 is 1.52 bits per heavy atom. The van der Waals surface area contributed by atoms with Gasteiger partial charge in [0.15, 0.2) is 5.54 Å². The van der Waals surface area contributed by atoms with Crippen molar-refractivity contribution in [2.45, 2.75) is 90.7 Å². The smallest absolute Gasteiger partial charge is 0.414 e. The average Bonchev–Trinajstić information content (AvgIpc) is 3.69. The van der Waals surface area contributed by atoms with Gasteiger partial charge in [-0.15, -0.1) is 0 Å². The van der Waals surface area contributed by atoms with E-state index in [9.17, 15) is 24.6 Å². The molecule has 3 N–H and O–H groups in total. The number of thiazole rings is 1. The van der Waals surface area contributed by atoms with Crippen molar-refractivity contribution in [3.8, 4) is 28.9 Å². The van der Waals surface area contributed by atoms with Gasteiger partial charge in [-0.1, -0.05) is 65.0 Å². The van der Waals surface area contributed by atoms with E-state index >= 15 is 0 Å². The number of amides is 1. The van der Waals surface area contributed by atoms with Crippen LogP contribution in [0.5, 0.6) is 28.9 Å². The highest BCUT2D eigenvalue weighted by molar-refractivity contribution is 7.09. The van der Waals surface area contributed by atoms with E-state index in [-0.39, 0.29) is 34.6 Å². The van der Waals surface area contributed by atoms with Crippen LogP contribution in [0.4, 0.5) is 10.5 Å². The molecule has 1 aromatic heterocycles. The number of nitrogens with one attached hydrogen (secondary N) is 1. The average molecular weight is 756 g/mol. The SMILES string of the molecule is CN(C(=O)OC(C)(C)C)c1ccc(C2(C(=O)COc3ccc(Cc4sc(=O)[nH]c4O)cc3)C=CC=N2)c(Oc2cc(C(C)(C)C)c(O)c(C(C)(C)C)c2)c1. The minimum Gasteiger partial charge on any atom is -0.507 e. The highest BCUT2D eigenvalue weighted by atomic mass is 32.1. The van der Waals surface area contributed by atoms with Gasteiger partial charge in [-0.2, -0.15) is 0 Å². The fraction of sp³-hybridized carbons (Fsp3) is 0.381. The molecule has 1 unspecified atom stereocenters. The van der Waals surface area contributed by atoms with E-state index in [0.717, 1.165) is 16.9 Å². The summed E-state index contributed by atoms with van der Waals surface area (Å²) in [6.45, 7) is 17.1. The molecule has 0 radical (unpaired) electrons. The second-order valence-electron chi connectivity index (χ2n) is 16.4. The van der Waals surface area contributed by atoms with Crippen LogP contribution in [0.25, 0.3) is 0 Å². The van der Waals surface area contributed by atoms with Gasteiger partial charge >= 0.3 is 11.0 Å². The third kappa shape index (κ3) is 8.87. The molecular formula is C42H49N3O8S. The maximum atomic E-state index is 14.3. The summed E-state index contributed by atoms with van der Waals surface area (Å²) in [5, 5.41) is 21.3. The van der Waals surface area contributed by atoms with E-state index in [4.69, 9.17) is 14.2 Å². The Balaban J connectivity index is 1.52. The van der Waals surface area contributed by atoms with Crippen LogP contribution in [0.3, 0.4) is 0 Å². The highest BCUT2D eigenvalue weighted by Gasteiger charge is 2.42. The third-order valence-electron chi connectivity index (χ3n) is 8.84. The molecule has 0 fully saturated rings. The lowest BCUT2D eigenvalue weighted by Gasteiger charge is -2.30. The Morgan fingerprint density at radius 3 is 2.04 bits per heavy atom. The number of aromatic hydroxyl groups is 2. The monoisotopic (exact) mass is 755 g/mol. The number of phenolic OH excluding ortho intramolecular Hbond substituents is 1. The summed E-state index contributed by atoms with van der Waals surface area (Å²) in [7, 11) is 1.60. The molecule has 0 bridgehead atoms. The normalized spacial score (nSPS) is 15.7. The standard InChI is InChI=1S/C42H49N3O8S/c1-39(2,3)30-22-28(23-31(35(30)47)40(4,5)6)52-32-21-26(45(10)38(50)53-41(7,8)9)14-17-29(32)42(18-11-19-43-42)34(46)24-51-27-15-12-25(13-16-27)20-33-36(48)44-37(49)54-33/h11-19,21-23,47-48H,20,24H2,1-10H3,(H,44,49). The molecule has 0 aliphatic carbocycles. The van der Waals surface area contributed by atoms with Crippen molar-refractivity contribution in [2.75, 3.05) is 18.6 Å². The number of carbonyl (C=O) groups excluding carboxylic acids is 2. The third-order valence-corrected chi connectivity index (χ3v) is 9.71. The van der Waals surface area contributed by atoms with Crippen molar-refractivity contribution in [1.82, 2.24) is 4.98 Å². The van der Waals surface area contributed by atoms with Gasteiger partial charge in [0, 0.05) is 42.4 Å². The number of carbonyl (C=O) groups is 2. The molecule has 5 rings (SSSR count). The van der Waals surface area contributed by atoms with E-state index in [1.807, 2.05) is 41.5 Å². The van der Waals surface area contributed by atoms with Crippen LogP contribution < -0.4 is 19.2 Å². The summed E-state index contributed by atoms with van der Waals surface area (Å²) in [6.07, 6.45) is 4.72. The zero-order valence-electron chi connectivity index (χ0n) is 32.5. The number of anilines is 1. The fourth-order valence-corrected chi connectivity index (χ4v) is 6.73. The molecule has 1 aliphatic heterocycles. The number of Topliss-reactive ketones (excluding diaryl/α,β-unsaturated/α-hetero) is 1. The zero-order valence-corrected chi connectivity index (χ0v) is 33.3. The Morgan fingerprint density at radius 1 is 0.889 bits per heavy atom. The maximum Gasteiger partial charge on any atom is 0.414 e. The van der Waals surface area contributed by atoms with Crippen molar-refractivity contribution < 1.29 is 34.0 Å². The van der Waals surface area contributed by atoms with Crippen molar-refractivity contribution >= 4 is 35.1 Å². The zero-order chi connectivity index (χ0) is 39.8. The molecule has 0 spiro atoms. The van der Waals surface area contributed by atoms with Crippen molar-refractivity contribution in [1.29, 1.82) is 0 Å². The topological polar surface area (TPSA) is 151 Å². The first-order chi connectivity index (χ1) is 25.1. The van der Waals surface area contributed by atoms with Crippen molar-refractivity contribution in [3.63, 3.8) is 0 Å². The molecular weight excluding hydrogens is 707 g/mol. The number of hydrogen-bond donors (Lipinski definition) is 3. The lowest BCUT2D eigenvalue weighted by Crippen LogP contribution is -2.36. The minimum absolute atomic E-state index is 0.144. The van der Waals surface area contributed by atoms with Crippen LogP contribution in [0, 0.1) is 0 Å². The van der Waals surface area contributed by atoms with Gasteiger partial charge in [0.25, 0.3) is 0 Å². The van der Waals surface area contributed by atoms with Crippen LogP contribution in [-0.4, -0.2) is 52.5 Å². The Kier molecular flexibility index (Phi) is 10.9. The fourth-order valence-electron chi connectivity index (χ4n) is 5.97. The van der Waals surface area contributed by atoms with E-state index in [1.54, 1.807) is 101 Å². The number of ether oxygens (including phenoxy) is 3. The van der Waals surface area contributed by atoms with Gasteiger partial charge in [-0.05, 0) is 85.7 Å². The van der Waals surface area contributed by atoms with Crippen molar-refractivity contribution in [3.05, 3.63) is 104 Å². The van der Waals surface area contributed by atoms with Crippen LogP contribution in [-0.2, 0) is 32.3 Å². The molecule has 286 valence electrons. The number of hydrogen-bond acceptors (Lipinski definition) is 10. The summed E-state index contributed by atoms with van der Waals surface area (Å²) < 4.78 is 18.3. The number of ketones is 1. The number of allylic oxidation sites excluding steroid dienone is 1. The van der Waals surface area contributed by atoms with Gasteiger partial charge in [0.05, 0.1) is 10.6 Å². The molecule has 11 nitrogen and oxygen atoms in total. The van der Waals surface area contributed by atoms with E-state index in [0.29, 0.717) is 45.2 Å². The first-order valence-electron chi connectivity index (χ1n) is 17.6. The lowest BCUT2D eigenvalue weighted by molar-refractivity contribution is -0.124. The van der Waals surface area contributed by atoms with Crippen LogP contribution in [0.2, 0.25) is 0 Å². The summed E-state index contributed by atoms with van der Waals surface area (Å²) in [6, 6.07) is 15.7. The van der Waals surface area contributed by atoms with E-state index in [2.05, 4.69) is 9.98 Å². The Hall–Kier alpha value is -5.36. The Labute approximate surface area is 319 Å². The molecule has 1 amide bonds. The molecule has 1 atom stereocenters. The summed E-state index contributed by atoms with van der Waals surface area (Å²) in [5.74, 6) is 0.832. The van der Waals surface area contributed by atoms with Gasteiger partial charge in [0.2, 0.25) is 11.7 Å². The number of aromatic amines is 1. The van der Waals surface area contributed by atoms with Crippen LogP contribution in [0.15, 0.2) is 76.5 Å². The Bertz CT molecular complexity index is 2110. The molecule has 54 heavy (non-hydrogen) atoms. The summed E-state index contributed by atoms with van der Waals surface area (Å²) in [4.78, 5) is 47.6. The number of nitrogens with zero attached hydrogens (tertiary/aromatic N) is 2. The van der Waals surface area contributed by atoms with Gasteiger partial charge in [-0.25, -0.2) is 4.79 Å². The van der Waals surface area contributed by atoms with Gasteiger partial charge < -0.3 is 24.4 Å². The molecule has 0 saturated carbocycles. The predicted octanol–water partition coefficient (Wildman–Crippen LogP) is 8.68. The summed E-state index contributed by atoms with van der Waals surface area (Å²) in [5.41, 5.74) is 0.00825. The quantitative estimate of drug-likeness (QED) is 0.146. The number of H-pyrrole nitrogens is 1. The van der Waals surface area contributed by atoms with Crippen molar-refractivity contribution in [2.24, 2.45) is 4.99 Å². The number of phenols is 1. The second-order valence-corrected chi connectivity index (χ2v) is 17.5. The lowest BCUT2D eigenvalue weighted by atomic mass is 9.79.